The summed E-state index contributed by atoms with van der Waals surface area (Å²) in [7, 11) is 3.44. The van der Waals surface area contributed by atoms with E-state index in [2.05, 4.69) is 42.6 Å². The fraction of sp³-hybridized carbons (Fsp3) is 0.455. The second-order valence-corrected chi connectivity index (χ2v) is 8.85. The Hall–Kier alpha value is -2.34. The molecule has 28 heavy (non-hydrogen) atoms. The van der Waals surface area contributed by atoms with Crippen molar-refractivity contribution in [2.75, 3.05) is 27.2 Å². The molecule has 0 saturated carbocycles. The van der Waals surface area contributed by atoms with Crippen molar-refractivity contribution in [2.45, 2.75) is 39.3 Å². The third-order valence-corrected chi connectivity index (χ3v) is 6.23. The molecule has 3 amide bonds. The topological polar surface area (TPSA) is 43.9 Å². The first-order chi connectivity index (χ1) is 13.3. The van der Waals surface area contributed by atoms with Gasteiger partial charge in [0, 0.05) is 31.6 Å². The van der Waals surface area contributed by atoms with Crippen LogP contribution in [0.3, 0.4) is 0 Å². The molecule has 2 aromatic rings. The highest BCUT2D eigenvalue weighted by atomic mass is 32.1. The van der Waals surface area contributed by atoms with E-state index < -0.39 is 0 Å². The standard InChI is InChI=1S/C22H29N3O2S/c1-15(2)25(22(27)23(4)5)14-20(26)24-12-10-19-18(11-13-28-19)21(24)17-8-6-16(3)7-9-17/h6-9,11,13,15,21H,10,12,14H2,1-5H3/t21-/m1/s1. The molecule has 5 nitrogen and oxygen atoms in total. The van der Waals surface area contributed by atoms with Crippen LogP contribution in [0.2, 0.25) is 0 Å². The highest BCUT2D eigenvalue weighted by molar-refractivity contribution is 7.10. The minimum absolute atomic E-state index is 0.00803. The van der Waals surface area contributed by atoms with Crippen LogP contribution in [0.1, 0.15) is 41.5 Å². The van der Waals surface area contributed by atoms with E-state index in [4.69, 9.17) is 0 Å². The Kier molecular flexibility index (Phi) is 6.08. The second kappa shape index (κ2) is 8.35. The van der Waals surface area contributed by atoms with Gasteiger partial charge in [0.2, 0.25) is 5.91 Å². The van der Waals surface area contributed by atoms with Crippen LogP contribution in [-0.4, -0.2) is 59.9 Å². The van der Waals surface area contributed by atoms with Gasteiger partial charge in [0.25, 0.3) is 0 Å². The van der Waals surface area contributed by atoms with Crippen molar-refractivity contribution in [1.82, 2.24) is 14.7 Å². The molecule has 1 aromatic carbocycles. The highest BCUT2D eigenvalue weighted by Gasteiger charge is 2.34. The lowest BCUT2D eigenvalue weighted by Gasteiger charge is -2.38. The van der Waals surface area contributed by atoms with Crippen LogP contribution in [0.4, 0.5) is 4.79 Å². The lowest BCUT2D eigenvalue weighted by Crippen LogP contribution is -2.51. The molecule has 0 bridgehead atoms. The Morgan fingerprint density at radius 2 is 1.86 bits per heavy atom. The molecule has 0 saturated heterocycles. The number of thiophene rings is 1. The van der Waals surface area contributed by atoms with Gasteiger partial charge >= 0.3 is 6.03 Å². The zero-order valence-electron chi connectivity index (χ0n) is 17.3. The first-order valence-electron chi connectivity index (χ1n) is 9.69. The molecule has 1 aliphatic rings. The van der Waals surface area contributed by atoms with Crippen molar-refractivity contribution in [3.8, 4) is 0 Å². The molecule has 3 rings (SSSR count). The van der Waals surface area contributed by atoms with Gasteiger partial charge in [0.05, 0.1) is 6.04 Å². The molecule has 0 N–H and O–H groups in total. The smallest absolute Gasteiger partial charge is 0.320 e. The predicted octanol–water partition coefficient (Wildman–Crippen LogP) is 3.92. The summed E-state index contributed by atoms with van der Waals surface area (Å²) in [5, 5.41) is 2.11. The summed E-state index contributed by atoms with van der Waals surface area (Å²) in [5.41, 5.74) is 3.53. The summed E-state index contributed by atoms with van der Waals surface area (Å²) in [4.78, 5) is 32.3. The van der Waals surface area contributed by atoms with Gasteiger partial charge < -0.3 is 14.7 Å². The van der Waals surface area contributed by atoms with E-state index in [1.54, 1.807) is 30.3 Å². The van der Waals surface area contributed by atoms with E-state index in [0.717, 1.165) is 12.0 Å². The van der Waals surface area contributed by atoms with Crippen molar-refractivity contribution in [2.24, 2.45) is 0 Å². The molecule has 0 spiro atoms. The summed E-state index contributed by atoms with van der Waals surface area (Å²) >= 11 is 1.76. The quantitative estimate of drug-likeness (QED) is 0.782. The molecule has 6 heteroatoms. The maximum atomic E-state index is 13.3. The number of fused-ring (bicyclic) bond motifs is 1. The van der Waals surface area contributed by atoms with Gasteiger partial charge in [-0.2, -0.15) is 0 Å². The molecule has 0 aliphatic carbocycles. The number of amides is 3. The number of carbonyl (C=O) groups is 2. The van der Waals surface area contributed by atoms with Crippen LogP contribution in [0, 0.1) is 6.92 Å². The molecular formula is C22H29N3O2S. The minimum atomic E-state index is -0.136. The fourth-order valence-electron chi connectivity index (χ4n) is 3.66. The number of hydrogen-bond donors (Lipinski definition) is 0. The number of nitrogens with zero attached hydrogens (tertiary/aromatic N) is 3. The fourth-order valence-corrected chi connectivity index (χ4v) is 4.56. The number of aryl methyl sites for hydroxylation is 1. The molecule has 0 fully saturated rings. The minimum Gasteiger partial charge on any atom is -0.331 e. The Balaban J connectivity index is 1.91. The molecule has 2 heterocycles. The van der Waals surface area contributed by atoms with Crippen LogP contribution in [0.5, 0.6) is 0 Å². The van der Waals surface area contributed by atoms with Gasteiger partial charge in [0.1, 0.15) is 6.54 Å². The van der Waals surface area contributed by atoms with Crippen LogP contribution >= 0.6 is 11.3 Å². The van der Waals surface area contributed by atoms with Crippen LogP contribution in [0.25, 0.3) is 0 Å². The van der Waals surface area contributed by atoms with Gasteiger partial charge in [-0.25, -0.2) is 4.79 Å². The third kappa shape index (κ3) is 4.07. The SMILES string of the molecule is Cc1ccc([C@@H]2c3ccsc3CCN2C(=O)CN(C(=O)N(C)C)C(C)C)cc1. The van der Waals surface area contributed by atoms with Crippen molar-refractivity contribution >= 4 is 23.3 Å². The van der Waals surface area contributed by atoms with Crippen molar-refractivity contribution < 1.29 is 9.59 Å². The summed E-state index contributed by atoms with van der Waals surface area (Å²) in [6, 6.07) is 10.3. The van der Waals surface area contributed by atoms with Crippen LogP contribution in [0.15, 0.2) is 35.7 Å². The number of rotatable bonds is 4. The van der Waals surface area contributed by atoms with Gasteiger partial charge in [0.15, 0.2) is 0 Å². The normalized spacial score (nSPS) is 16.1. The number of carbonyl (C=O) groups excluding carboxylic acids is 2. The molecule has 1 aromatic heterocycles. The summed E-state index contributed by atoms with van der Waals surface area (Å²) in [6.45, 7) is 6.72. The summed E-state index contributed by atoms with van der Waals surface area (Å²) < 4.78 is 0. The van der Waals surface area contributed by atoms with Crippen LogP contribution < -0.4 is 0 Å². The molecule has 0 radical (unpaired) electrons. The maximum Gasteiger partial charge on any atom is 0.320 e. The molecule has 0 unspecified atom stereocenters. The number of benzene rings is 1. The van der Waals surface area contributed by atoms with Gasteiger partial charge in [-0.3, -0.25) is 4.79 Å². The van der Waals surface area contributed by atoms with E-state index >= 15 is 0 Å². The summed E-state index contributed by atoms with van der Waals surface area (Å²) in [6.07, 6.45) is 0.865. The van der Waals surface area contributed by atoms with Gasteiger partial charge in [-0.1, -0.05) is 29.8 Å². The molecule has 1 aliphatic heterocycles. The monoisotopic (exact) mass is 399 g/mol. The second-order valence-electron chi connectivity index (χ2n) is 7.85. The zero-order chi connectivity index (χ0) is 20.4. The van der Waals surface area contributed by atoms with E-state index in [1.165, 1.54) is 20.9 Å². The largest absolute Gasteiger partial charge is 0.331 e. The molecule has 1 atom stereocenters. The van der Waals surface area contributed by atoms with E-state index in [9.17, 15) is 9.59 Å². The summed E-state index contributed by atoms with van der Waals surface area (Å²) in [5.74, 6) is -0.00803. The predicted molar refractivity (Wildman–Crippen MR) is 114 cm³/mol. The van der Waals surface area contributed by atoms with Crippen molar-refractivity contribution in [3.05, 3.63) is 57.3 Å². The van der Waals surface area contributed by atoms with E-state index in [-0.39, 0.29) is 30.6 Å². The highest BCUT2D eigenvalue weighted by Crippen LogP contribution is 2.38. The zero-order valence-corrected chi connectivity index (χ0v) is 18.1. The number of urea groups is 1. The molecular weight excluding hydrogens is 370 g/mol. The van der Waals surface area contributed by atoms with Gasteiger partial charge in [-0.15, -0.1) is 11.3 Å². The lowest BCUT2D eigenvalue weighted by molar-refractivity contribution is -0.134. The maximum absolute atomic E-state index is 13.3. The lowest BCUT2D eigenvalue weighted by atomic mass is 9.92. The Bertz CT molecular complexity index is 842. The van der Waals surface area contributed by atoms with Crippen LogP contribution in [-0.2, 0) is 11.2 Å². The first-order valence-corrected chi connectivity index (χ1v) is 10.6. The Morgan fingerprint density at radius 3 is 2.46 bits per heavy atom. The Labute approximate surface area is 171 Å². The first kappa shape index (κ1) is 20.4. The van der Waals surface area contributed by atoms with Crippen molar-refractivity contribution in [3.63, 3.8) is 0 Å². The van der Waals surface area contributed by atoms with E-state index in [1.807, 2.05) is 18.7 Å². The molecule has 150 valence electrons. The average molecular weight is 400 g/mol. The van der Waals surface area contributed by atoms with Gasteiger partial charge in [-0.05, 0) is 49.8 Å². The van der Waals surface area contributed by atoms with Crippen molar-refractivity contribution in [1.29, 1.82) is 0 Å². The van der Waals surface area contributed by atoms with E-state index in [0.29, 0.717) is 6.54 Å². The number of hydrogen-bond acceptors (Lipinski definition) is 3. The average Bonchev–Trinajstić information content (AvgIpc) is 3.13. The Morgan fingerprint density at radius 1 is 1.18 bits per heavy atom. The third-order valence-electron chi connectivity index (χ3n) is 5.24.